The lowest BCUT2D eigenvalue weighted by Gasteiger charge is -2.12. The molecule has 3 heteroatoms. The van der Waals surface area contributed by atoms with Gasteiger partial charge in [-0.15, -0.1) is 0 Å². The molecule has 0 radical (unpaired) electrons. The van der Waals surface area contributed by atoms with Crippen LogP contribution in [0.5, 0.6) is 0 Å². The lowest BCUT2D eigenvalue weighted by atomic mass is 9.95. The van der Waals surface area contributed by atoms with E-state index in [-0.39, 0.29) is 5.91 Å². The van der Waals surface area contributed by atoms with Gasteiger partial charge in [0.15, 0.2) is 5.76 Å². The third kappa shape index (κ3) is 1.91. The van der Waals surface area contributed by atoms with Crippen LogP contribution in [-0.4, -0.2) is 12.5 Å². The average molecular weight is 281 g/mol. The number of aryl methyl sites for hydroxylation is 2. The molecule has 1 spiro atoms. The van der Waals surface area contributed by atoms with Crippen LogP contribution in [-0.2, 0) is 11.8 Å². The zero-order valence-corrected chi connectivity index (χ0v) is 12.2. The first-order chi connectivity index (χ1) is 10.2. The largest absolute Gasteiger partial charge is 0.459 e. The molecular weight excluding hydrogens is 262 g/mol. The van der Waals surface area contributed by atoms with E-state index < -0.39 is 0 Å². The summed E-state index contributed by atoms with van der Waals surface area (Å²) in [6.45, 7) is 2.64. The molecule has 1 fully saturated rings. The second-order valence-corrected chi connectivity index (χ2v) is 6.36. The van der Waals surface area contributed by atoms with Crippen molar-refractivity contribution in [1.82, 2.24) is 5.32 Å². The van der Waals surface area contributed by atoms with Gasteiger partial charge in [0.2, 0.25) is 0 Å². The van der Waals surface area contributed by atoms with Crippen molar-refractivity contribution in [3.63, 3.8) is 0 Å². The molecule has 108 valence electrons. The number of furan rings is 1. The van der Waals surface area contributed by atoms with Crippen molar-refractivity contribution in [3.8, 4) is 0 Å². The molecule has 2 aliphatic rings. The standard InChI is InChI=1S/C18H19NO2/c1-12-7-9-21-16(12)17(20)19-11-14-10-18(14)8-6-13-4-2-3-5-15(13)18/h2-5,7,9,14H,6,8,10-11H2,1H3,(H,19,20)/t14-,18+/m1/s1. The molecule has 2 atom stereocenters. The predicted molar refractivity (Wildman–Crippen MR) is 80.3 cm³/mol. The van der Waals surface area contributed by atoms with Crippen LogP contribution in [0.4, 0.5) is 0 Å². The maximum absolute atomic E-state index is 12.1. The molecule has 1 amide bonds. The molecule has 0 unspecified atom stereocenters. The maximum Gasteiger partial charge on any atom is 0.287 e. The number of rotatable bonds is 3. The Bertz CT molecular complexity index is 703. The Balaban J connectivity index is 1.43. The van der Waals surface area contributed by atoms with Gasteiger partial charge in [-0.1, -0.05) is 24.3 Å². The van der Waals surface area contributed by atoms with Gasteiger partial charge >= 0.3 is 0 Å². The van der Waals surface area contributed by atoms with E-state index in [9.17, 15) is 4.79 Å². The molecule has 0 bridgehead atoms. The second kappa shape index (κ2) is 4.48. The molecule has 1 heterocycles. The smallest absolute Gasteiger partial charge is 0.287 e. The fourth-order valence-corrected chi connectivity index (χ4v) is 3.90. The van der Waals surface area contributed by atoms with E-state index in [1.807, 2.05) is 13.0 Å². The summed E-state index contributed by atoms with van der Waals surface area (Å²) in [5.74, 6) is 0.919. The number of benzene rings is 1. The monoisotopic (exact) mass is 281 g/mol. The van der Waals surface area contributed by atoms with Gasteiger partial charge in [-0.05, 0) is 49.3 Å². The number of amides is 1. The zero-order valence-electron chi connectivity index (χ0n) is 12.2. The minimum Gasteiger partial charge on any atom is -0.459 e. The quantitative estimate of drug-likeness (QED) is 0.938. The number of carbonyl (C=O) groups is 1. The summed E-state index contributed by atoms with van der Waals surface area (Å²) in [5.41, 5.74) is 4.23. The van der Waals surface area contributed by atoms with Gasteiger partial charge in [0.25, 0.3) is 5.91 Å². The number of fused-ring (bicyclic) bond motifs is 2. The van der Waals surface area contributed by atoms with Crippen LogP contribution >= 0.6 is 0 Å². The van der Waals surface area contributed by atoms with Crippen molar-refractivity contribution in [2.45, 2.75) is 31.6 Å². The molecule has 2 aromatic rings. The number of nitrogens with one attached hydrogen (secondary N) is 1. The van der Waals surface area contributed by atoms with Crippen LogP contribution in [0.3, 0.4) is 0 Å². The first-order valence-electron chi connectivity index (χ1n) is 7.61. The molecule has 2 aliphatic carbocycles. The molecule has 3 nitrogen and oxygen atoms in total. The first kappa shape index (κ1) is 12.7. The SMILES string of the molecule is Cc1ccoc1C(=O)NC[C@H]1C[C@@]12CCc1ccccc12. The maximum atomic E-state index is 12.1. The Kier molecular flexibility index (Phi) is 2.71. The lowest BCUT2D eigenvalue weighted by Crippen LogP contribution is -2.27. The highest BCUT2D eigenvalue weighted by Crippen LogP contribution is 2.61. The highest BCUT2D eigenvalue weighted by Gasteiger charge is 2.57. The fraction of sp³-hybridized carbons (Fsp3) is 0.389. The van der Waals surface area contributed by atoms with Crippen molar-refractivity contribution in [3.05, 3.63) is 59.0 Å². The van der Waals surface area contributed by atoms with E-state index in [4.69, 9.17) is 4.42 Å². The van der Waals surface area contributed by atoms with E-state index in [1.54, 1.807) is 6.26 Å². The Morgan fingerprint density at radius 3 is 3.05 bits per heavy atom. The third-order valence-electron chi connectivity index (χ3n) is 5.20. The van der Waals surface area contributed by atoms with E-state index in [2.05, 4.69) is 29.6 Å². The van der Waals surface area contributed by atoms with Crippen LogP contribution in [0.25, 0.3) is 0 Å². The normalized spacial score (nSPS) is 25.9. The molecule has 1 saturated carbocycles. The Morgan fingerprint density at radius 1 is 1.38 bits per heavy atom. The molecular formula is C18H19NO2. The highest BCUT2D eigenvalue weighted by molar-refractivity contribution is 5.92. The Hall–Kier alpha value is -2.03. The summed E-state index contributed by atoms with van der Waals surface area (Å²) < 4.78 is 5.24. The fourth-order valence-electron chi connectivity index (χ4n) is 3.90. The number of hydrogen-bond acceptors (Lipinski definition) is 2. The molecule has 0 saturated heterocycles. The summed E-state index contributed by atoms with van der Waals surface area (Å²) in [6.07, 6.45) is 5.17. The van der Waals surface area contributed by atoms with E-state index in [0.29, 0.717) is 17.1 Å². The molecule has 4 rings (SSSR count). The Labute approximate surface area is 124 Å². The van der Waals surface area contributed by atoms with Crippen LogP contribution in [0.15, 0.2) is 41.0 Å². The second-order valence-electron chi connectivity index (χ2n) is 6.36. The van der Waals surface area contributed by atoms with Crippen molar-refractivity contribution in [2.24, 2.45) is 5.92 Å². The average Bonchev–Trinajstić information content (AvgIpc) is 2.82. The van der Waals surface area contributed by atoms with Crippen molar-refractivity contribution >= 4 is 5.91 Å². The lowest BCUT2D eigenvalue weighted by molar-refractivity contribution is 0.0922. The summed E-state index contributed by atoms with van der Waals surface area (Å²) in [6, 6.07) is 10.6. The minimum atomic E-state index is -0.0918. The van der Waals surface area contributed by atoms with E-state index in [0.717, 1.165) is 12.1 Å². The number of hydrogen-bond donors (Lipinski definition) is 1. The number of carbonyl (C=O) groups excluding carboxylic acids is 1. The van der Waals surface area contributed by atoms with Crippen LogP contribution in [0.1, 0.15) is 40.1 Å². The van der Waals surface area contributed by atoms with Crippen LogP contribution in [0, 0.1) is 12.8 Å². The predicted octanol–water partition coefficient (Wildman–Crippen LogP) is 3.22. The summed E-state index contributed by atoms with van der Waals surface area (Å²) in [7, 11) is 0. The van der Waals surface area contributed by atoms with Gasteiger partial charge in [-0.25, -0.2) is 0 Å². The molecule has 0 aliphatic heterocycles. The third-order valence-corrected chi connectivity index (χ3v) is 5.20. The van der Waals surface area contributed by atoms with Gasteiger partial charge in [-0.3, -0.25) is 4.79 Å². The van der Waals surface area contributed by atoms with Crippen molar-refractivity contribution in [2.75, 3.05) is 6.54 Å². The van der Waals surface area contributed by atoms with Crippen molar-refractivity contribution in [1.29, 1.82) is 0 Å². The Morgan fingerprint density at radius 2 is 2.24 bits per heavy atom. The van der Waals surface area contributed by atoms with Gasteiger partial charge in [0.05, 0.1) is 6.26 Å². The highest BCUT2D eigenvalue weighted by atomic mass is 16.3. The topological polar surface area (TPSA) is 42.2 Å². The molecule has 1 aromatic carbocycles. The van der Waals surface area contributed by atoms with Gasteiger partial charge < -0.3 is 9.73 Å². The van der Waals surface area contributed by atoms with Crippen molar-refractivity contribution < 1.29 is 9.21 Å². The van der Waals surface area contributed by atoms with Crippen LogP contribution in [0.2, 0.25) is 0 Å². The zero-order chi connectivity index (χ0) is 14.4. The summed E-state index contributed by atoms with van der Waals surface area (Å²) >= 11 is 0. The van der Waals surface area contributed by atoms with Gasteiger partial charge in [0, 0.05) is 17.5 Å². The van der Waals surface area contributed by atoms with Crippen LogP contribution < -0.4 is 5.32 Å². The van der Waals surface area contributed by atoms with E-state index >= 15 is 0 Å². The van der Waals surface area contributed by atoms with Gasteiger partial charge in [-0.2, -0.15) is 0 Å². The van der Waals surface area contributed by atoms with E-state index in [1.165, 1.54) is 30.4 Å². The summed E-state index contributed by atoms with van der Waals surface area (Å²) in [5, 5.41) is 3.04. The summed E-state index contributed by atoms with van der Waals surface area (Å²) in [4.78, 5) is 12.1. The first-order valence-corrected chi connectivity index (χ1v) is 7.61. The molecule has 1 N–H and O–H groups in total. The van der Waals surface area contributed by atoms with Gasteiger partial charge in [0.1, 0.15) is 0 Å². The minimum absolute atomic E-state index is 0.0918. The molecule has 1 aromatic heterocycles. The molecule has 21 heavy (non-hydrogen) atoms.